The Labute approximate surface area is 88.5 Å². The minimum atomic E-state index is -1.40. The summed E-state index contributed by atoms with van der Waals surface area (Å²) in [5, 5.41) is 9.96. The molecule has 0 aliphatic heterocycles. The van der Waals surface area contributed by atoms with Crippen LogP contribution in [0.15, 0.2) is 0 Å². The van der Waals surface area contributed by atoms with Crippen LogP contribution in [-0.4, -0.2) is 24.5 Å². The number of aliphatic carboxylic acids is 1. The van der Waals surface area contributed by atoms with Crippen LogP contribution in [0.25, 0.3) is 0 Å². The molecule has 2 atom stereocenters. The normalized spacial score (nSPS) is 13.5. The van der Waals surface area contributed by atoms with Crippen LogP contribution in [0.5, 0.6) is 0 Å². The Morgan fingerprint density at radius 3 is 2.55 bits per heavy atom. The van der Waals surface area contributed by atoms with E-state index in [-0.39, 0.29) is 36.0 Å². The second kappa shape index (κ2) is 7.22. The molecule has 0 aromatic heterocycles. The van der Waals surface area contributed by atoms with Crippen LogP contribution in [-0.2, 0) is 4.79 Å². The van der Waals surface area contributed by atoms with E-state index in [1.807, 2.05) is 0 Å². The van der Waals surface area contributed by atoms with Crippen LogP contribution in [0.4, 0.5) is 0 Å². The Balaban J connectivity index is 0. The van der Waals surface area contributed by atoms with E-state index in [1.165, 1.54) is 12.5 Å². The molecule has 0 aromatic carbocycles. The van der Waals surface area contributed by atoms with E-state index in [0.717, 1.165) is 0 Å². The molecule has 11 heavy (non-hydrogen) atoms. The second-order valence-corrected chi connectivity index (χ2v) is 3.35. The summed E-state index contributed by atoms with van der Waals surface area (Å²) in [6.07, 6.45) is 0.105. The van der Waals surface area contributed by atoms with Crippen molar-refractivity contribution in [3.05, 3.63) is 0 Å². The van der Waals surface area contributed by atoms with E-state index in [4.69, 9.17) is 5.73 Å². The average Bonchev–Trinajstić information content (AvgIpc) is 1.82. The fourth-order valence-corrected chi connectivity index (χ4v) is 0.882. The van der Waals surface area contributed by atoms with Crippen molar-refractivity contribution < 1.29 is 44.4 Å². The van der Waals surface area contributed by atoms with E-state index in [9.17, 15) is 14.8 Å². The Hall–Kier alpha value is 0.560. The van der Waals surface area contributed by atoms with Gasteiger partial charge in [-0.15, -0.1) is 0 Å². The van der Waals surface area contributed by atoms with Gasteiger partial charge in [-0.05, 0) is 0 Å². The summed E-state index contributed by atoms with van der Waals surface area (Å²) in [5.41, 5.74) is 5.04. The minimum Gasteiger partial charge on any atom is -0.631 e. The largest absolute Gasteiger partial charge is 1.00 e. The summed E-state index contributed by atoms with van der Waals surface area (Å²) in [6, 6.07) is -1.03. The van der Waals surface area contributed by atoms with Gasteiger partial charge in [0.05, 0.1) is 24.5 Å². The Kier molecular flexibility index (Phi) is 9.26. The summed E-state index contributed by atoms with van der Waals surface area (Å²) in [5.74, 6) is 0.0589. The SMILES string of the molecule is C[P+]([O-])=CC[C@H](N)C(=O)[O-].[Na+]. The van der Waals surface area contributed by atoms with Crippen molar-refractivity contribution in [2.75, 3.05) is 6.66 Å². The summed E-state index contributed by atoms with van der Waals surface area (Å²) in [7, 11) is -1.40. The number of carbonyl (C=O) groups excluding carboxylic acids is 1. The van der Waals surface area contributed by atoms with Gasteiger partial charge < -0.3 is 20.5 Å². The van der Waals surface area contributed by atoms with Crippen molar-refractivity contribution in [2.24, 2.45) is 5.73 Å². The molecular formula is C5H9NNaO3P. The van der Waals surface area contributed by atoms with E-state index in [0.29, 0.717) is 0 Å². The van der Waals surface area contributed by atoms with Crippen LogP contribution in [0.1, 0.15) is 6.42 Å². The zero-order valence-corrected chi connectivity index (χ0v) is 9.51. The molecule has 0 aliphatic rings. The van der Waals surface area contributed by atoms with Crippen molar-refractivity contribution in [1.29, 1.82) is 0 Å². The maximum Gasteiger partial charge on any atom is 1.00 e. The molecule has 1 unspecified atom stereocenters. The monoisotopic (exact) mass is 185 g/mol. The van der Waals surface area contributed by atoms with Crippen LogP contribution in [0.2, 0.25) is 0 Å². The van der Waals surface area contributed by atoms with Gasteiger partial charge in [-0.1, -0.05) is 0 Å². The molecule has 0 heterocycles. The maximum absolute atomic E-state index is 10.4. The fourth-order valence-electron chi connectivity index (χ4n) is 0.358. The molecule has 0 saturated carbocycles. The summed E-state index contributed by atoms with van der Waals surface area (Å²) in [4.78, 5) is 20.4. The van der Waals surface area contributed by atoms with Gasteiger partial charge in [-0.2, -0.15) is 0 Å². The Morgan fingerprint density at radius 2 is 2.27 bits per heavy atom. The van der Waals surface area contributed by atoms with Crippen molar-refractivity contribution in [3.63, 3.8) is 0 Å². The zero-order valence-electron chi connectivity index (χ0n) is 6.61. The van der Waals surface area contributed by atoms with E-state index < -0.39 is 19.8 Å². The van der Waals surface area contributed by atoms with Crippen LogP contribution >= 0.6 is 7.77 Å². The number of hydrogen-bond donors (Lipinski definition) is 1. The quantitative estimate of drug-likeness (QED) is 0.351. The average molecular weight is 185 g/mol. The summed E-state index contributed by atoms with van der Waals surface area (Å²) < 4.78 is 0. The first kappa shape index (κ1) is 14.1. The van der Waals surface area contributed by atoms with Gasteiger partial charge >= 0.3 is 29.6 Å². The first-order valence-electron chi connectivity index (χ1n) is 2.73. The Bertz CT molecular complexity index is 158. The van der Waals surface area contributed by atoms with Crippen molar-refractivity contribution in [2.45, 2.75) is 12.5 Å². The molecule has 4 nitrogen and oxygen atoms in total. The number of carboxylic acids is 1. The number of carbonyl (C=O) groups is 1. The maximum atomic E-state index is 10.4. The molecule has 0 saturated heterocycles. The van der Waals surface area contributed by atoms with Gasteiger partial charge in [-0.25, -0.2) is 0 Å². The predicted octanol–water partition coefficient (Wildman–Crippen LogP) is -5.35. The number of nitrogens with two attached hydrogens (primary N) is 1. The standard InChI is InChI=1S/C5H10NO3P.Na/c1-10(9)3-2-4(6)5(7)8;/h3-4H,2,6H2,1H3,(H,7,8);/q;+1/p-1/t4-;/m0./s1. The van der Waals surface area contributed by atoms with E-state index >= 15 is 0 Å². The van der Waals surface area contributed by atoms with Gasteiger partial charge in [0.2, 0.25) is 0 Å². The molecular weight excluding hydrogens is 176 g/mol. The van der Waals surface area contributed by atoms with E-state index in [1.54, 1.807) is 0 Å². The van der Waals surface area contributed by atoms with Gasteiger partial charge in [0.1, 0.15) is 0 Å². The summed E-state index contributed by atoms with van der Waals surface area (Å²) in [6.45, 7) is 1.48. The molecule has 0 rings (SSSR count). The fraction of sp³-hybridized carbons (Fsp3) is 0.600. The Morgan fingerprint density at radius 1 is 1.82 bits per heavy atom. The van der Waals surface area contributed by atoms with Gasteiger partial charge in [0.25, 0.3) is 0 Å². The third-order valence-electron chi connectivity index (χ3n) is 0.919. The third-order valence-corrected chi connectivity index (χ3v) is 1.64. The minimum absolute atomic E-state index is 0. The van der Waals surface area contributed by atoms with Gasteiger partial charge in [0.15, 0.2) is 0 Å². The molecule has 0 radical (unpaired) electrons. The molecule has 0 amide bonds. The summed E-state index contributed by atoms with van der Waals surface area (Å²) >= 11 is 0. The van der Waals surface area contributed by atoms with Crippen LogP contribution in [0, 0.1) is 0 Å². The van der Waals surface area contributed by atoms with Crippen molar-refractivity contribution >= 4 is 19.5 Å². The molecule has 0 fully saturated rings. The molecule has 58 valence electrons. The molecule has 0 spiro atoms. The number of rotatable bonds is 3. The second-order valence-electron chi connectivity index (χ2n) is 1.89. The van der Waals surface area contributed by atoms with Crippen LogP contribution in [0.3, 0.4) is 0 Å². The molecule has 0 aromatic rings. The van der Waals surface area contributed by atoms with Gasteiger partial charge in [0, 0.05) is 14.2 Å². The topological polar surface area (TPSA) is 89.2 Å². The zero-order chi connectivity index (χ0) is 8.15. The van der Waals surface area contributed by atoms with E-state index in [2.05, 4.69) is 0 Å². The molecule has 0 aliphatic carbocycles. The third kappa shape index (κ3) is 8.47. The number of hydrogen-bond acceptors (Lipinski definition) is 4. The number of carboxylic acid groups (broad SMARTS) is 1. The van der Waals surface area contributed by atoms with Crippen molar-refractivity contribution in [3.8, 4) is 0 Å². The molecule has 0 bridgehead atoms. The molecule has 2 N–H and O–H groups in total. The van der Waals surface area contributed by atoms with Crippen LogP contribution < -0.4 is 45.3 Å². The smallest absolute Gasteiger partial charge is 0.631 e. The molecule has 6 heteroatoms. The van der Waals surface area contributed by atoms with Gasteiger partial charge in [-0.3, -0.25) is 0 Å². The van der Waals surface area contributed by atoms with Crippen molar-refractivity contribution in [1.82, 2.24) is 0 Å². The first-order valence-corrected chi connectivity index (χ1v) is 4.51. The first-order chi connectivity index (χ1) is 4.54. The predicted molar refractivity (Wildman–Crippen MR) is 36.5 cm³/mol.